The number of rotatable bonds is 3. The summed E-state index contributed by atoms with van der Waals surface area (Å²) < 4.78 is 2.21. The number of H-pyrrole nitrogens is 1. The van der Waals surface area contributed by atoms with Crippen LogP contribution in [0.3, 0.4) is 0 Å². The number of nitrogens with one attached hydrogen (secondary N) is 1. The second-order valence-corrected chi connectivity index (χ2v) is 5.65. The predicted molar refractivity (Wildman–Crippen MR) is 76.0 cm³/mol. The number of aromatic nitrogens is 3. The van der Waals surface area contributed by atoms with Crippen molar-refractivity contribution in [3.8, 4) is 0 Å². The molecule has 1 saturated heterocycles. The van der Waals surface area contributed by atoms with E-state index in [0.29, 0.717) is 5.92 Å². The Morgan fingerprint density at radius 2 is 2.37 bits per heavy atom. The van der Waals surface area contributed by atoms with E-state index >= 15 is 0 Å². The minimum atomic E-state index is 0.608. The Morgan fingerprint density at radius 3 is 3.05 bits per heavy atom. The number of likely N-dealkylation sites (tertiary alicyclic amines) is 1. The lowest BCUT2D eigenvalue weighted by molar-refractivity contribution is 0.194. The van der Waals surface area contributed by atoms with Crippen molar-refractivity contribution in [3.63, 3.8) is 0 Å². The molecule has 102 valence electrons. The molecule has 2 aromatic heterocycles. The molecule has 0 aromatic carbocycles. The van der Waals surface area contributed by atoms with Crippen LogP contribution in [0.25, 0.3) is 0 Å². The second-order valence-electron chi connectivity index (χ2n) is 5.65. The smallest absolute Gasteiger partial charge is 0.0519 e. The van der Waals surface area contributed by atoms with Gasteiger partial charge in [0.05, 0.1) is 6.20 Å². The first-order valence-corrected chi connectivity index (χ1v) is 7.06. The van der Waals surface area contributed by atoms with Crippen molar-refractivity contribution in [3.05, 3.63) is 41.5 Å². The van der Waals surface area contributed by atoms with Crippen LogP contribution in [0.2, 0.25) is 0 Å². The van der Waals surface area contributed by atoms with Gasteiger partial charge in [0.15, 0.2) is 0 Å². The van der Waals surface area contributed by atoms with E-state index in [4.69, 9.17) is 0 Å². The third kappa shape index (κ3) is 2.59. The fraction of sp³-hybridized carbons (Fsp3) is 0.533. The van der Waals surface area contributed by atoms with Crippen LogP contribution >= 0.6 is 0 Å². The van der Waals surface area contributed by atoms with Gasteiger partial charge >= 0.3 is 0 Å². The van der Waals surface area contributed by atoms with Crippen LogP contribution in [0.1, 0.15) is 35.7 Å². The van der Waals surface area contributed by atoms with Crippen molar-refractivity contribution < 1.29 is 0 Å². The Balaban J connectivity index is 1.68. The zero-order chi connectivity index (χ0) is 13.2. The van der Waals surface area contributed by atoms with Gasteiger partial charge in [-0.1, -0.05) is 0 Å². The third-order valence-electron chi connectivity index (χ3n) is 4.22. The minimum Gasteiger partial charge on any atom is -0.353 e. The summed E-state index contributed by atoms with van der Waals surface area (Å²) in [4.78, 5) is 2.56. The maximum Gasteiger partial charge on any atom is 0.0519 e. The van der Waals surface area contributed by atoms with Crippen molar-refractivity contribution >= 4 is 0 Å². The summed E-state index contributed by atoms with van der Waals surface area (Å²) >= 11 is 0. The highest BCUT2D eigenvalue weighted by Gasteiger charge is 2.23. The normalized spacial score (nSPS) is 20.8. The van der Waals surface area contributed by atoms with Gasteiger partial charge < -0.3 is 4.57 Å². The largest absolute Gasteiger partial charge is 0.353 e. The van der Waals surface area contributed by atoms with Gasteiger partial charge in [0, 0.05) is 43.6 Å². The van der Waals surface area contributed by atoms with Crippen LogP contribution in [0, 0.1) is 6.92 Å². The monoisotopic (exact) mass is 258 g/mol. The topological polar surface area (TPSA) is 36.9 Å². The maximum absolute atomic E-state index is 4.16. The Labute approximate surface area is 114 Å². The number of hydrogen-bond acceptors (Lipinski definition) is 2. The lowest BCUT2D eigenvalue weighted by Crippen LogP contribution is -2.34. The van der Waals surface area contributed by atoms with Crippen molar-refractivity contribution in [2.75, 3.05) is 13.1 Å². The molecule has 1 unspecified atom stereocenters. The van der Waals surface area contributed by atoms with Crippen LogP contribution in [0.15, 0.2) is 24.5 Å². The molecule has 0 aliphatic carbocycles. The number of nitrogens with zero attached hydrogens (tertiary/aromatic N) is 3. The zero-order valence-corrected chi connectivity index (χ0v) is 11.8. The number of hydrogen-bond donors (Lipinski definition) is 1. The van der Waals surface area contributed by atoms with Crippen LogP contribution < -0.4 is 0 Å². The Bertz CT molecular complexity index is 540. The third-order valence-corrected chi connectivity index (χ3v) is 4.22. The fourth-order valence-electron chi connectivity index (χ4n) is 3.09. The molecule has 0 bridgehead atoms. The first kappa shape index (κ1) is 12.5. The van der Waals surface area contributed by atoms with Crippen LogP contribution in [0.4, 0.5) is 0 Å². The van der Waals surface area contributed by atoms with E-state index in [-0.39, 0.29) is 0 Å². The van der Waals surface area contributed by atoms with E-state index in [0.717, 1.165) is 13.1 Å². The number of aromatic amines is 1. The van der Waals surface area contributed by atoms with Crippen molar-refractivity contribution in [1.82, 2.24) is 19.7 Å². The van der Waals surface area contributed by atoms with E-state index in [9.17, 15) is 0 Å². The summed E-state index contributed by atoms with van der Waals surface area (Å²) in [5.74, 6) is 0.608. The summed E-state index contributed by atoms with van der Waals surface area (Å²) in [5.41, 5.74) is 4.02. The molecule has 4 nitrogen and oxygen atoms in total. The molecule has 1 aliphatic heterocycles. The first-order chi connectivity index (χ1) is 9.24. The van der Waals surface area contributed by atoms with Crippen LogP contribution in [-0.2, 0) is 13.6 Å². The van der Waals surface area contributed by atoms with Crippen LogP contribution in [-0.4, -0.2) is 32.8 Å². The predicted octanol–water partition coefficient (Wildman–Crippen LogP) is 2.44. The Hall–Kier alpha value is -1.55. The highest BCUT2D eigenvalue weighted by molar-refractivity contribution is 5.19. The van der Waals surface area contributed by atoms with E-state index in [2.05, 4.69) is 52.0 Å². The zero-order valence-electron chi connectivity index (χ0n) is 11.8. The minimum absolute atomic E-state index is 0.608. The standard InChI is InChI=1S/C15H22N4/c1-12-9-16-17-15(12)13-5-3-8-19(10-13)11-14-6-4-7-18(14)2/h4,6-7,9,13H,3,5,8,10-11H2,1-2H3,(H,16,17). The molecular weight excluding hydrogens is 236 g/mol. The van der Waals surface area contributed by atoms with E-state index in [1.807, 2.05) is 6.20 Å². The molecule has 0 radical (unpaired) electrons. The van der Waals surface area contributed by atoms with Crippen molar-refractivity contribution in [1.29, 1.82) is 0 Å². The summed E-state index contributed by atoms with van der Waals surface area (Å²) in [6, 6.07) is 4.33. The van der Waals surface area contributed by atoms with E-state index in [1.54, 1.807) is 0 Å². The number of aryl methyl sites for hydroxylation is 2. The van der Waals surface area contributed by atoms with Gasteiger partial charge in [-0.05, 0) is 44.0 Å². The fourth-order valence-corrected chi connectivity index (χ4v) is 3.09. The van der Waals surface area contributed by atoms with E-state index < -0.39 is 0 Å². The average molecular weight is 258 g/mol. The molecule has 0 spiro atoms. The Morgan fingerprint density at radius 1 is 1.47 bits per heavy atom. The van der Waals surface area contributed by atoms with Gasteiger partial charge in [-0.25, -0.2) is 0 Å². The van der Waals surface area contributed by atoms with Gasteiger partial charge in [-0.3, -0.25) is 10.00 Å². The molecular formula is C15H22N4. The average Bonchev–Trinajstić information content (AvgIpc) is 3.00. The number of piperidine rings is 1. The summed E-state index contributed by atoms with van der Waals surface area (Å²) in [6.45, 7) is 5.53. The van der Waals surface area contributed by atoms with Crippen molar-refractivity contribution in [2.24, 2.45) is 7.05 Å². The highest BCUT2D eigenvalue weighted by Crippen LogP contribution is 2.28. The van der Waals surface area contributed by atoms with E-state index in [1.165, 1.54) is 36.3 Å². The molecule has 2 aromatic rings. The second kappa shape index (κ2) is 5.21. The van der Waals surface area contributed by atoms with Gasteiger partial charge in [0.25, 0.3) is 0 Å². The lowest BCUT2D eigenvalue weighted by atomic mass is 9.93. The SMILES string of the molecule is Cc1cn[nH]c1C1CCCN(Cc2cccn2C)C1. The maximum atomic E-state index is 4.16. The molecule has 1 fully saturated rings. The molecule has 1 atom stereocenters. The molecule has 4 heteroatoms. The first-order valence-electron chi connectivity index (χ1n) is 7.06. The Kier molecular flexibility index (Phi) is 3.42. The molecule has 3 heterocycles. The summed E-state index contributed by atoms with van der Waals surface area (Å²) in [5, 5.41) is 7.35. The summed E-state index contributed by atoms with van der Waals surface area (Å²) in [6.07, 6.45) is 6.60. The van der Waals surface area contributed by atoms with Crippen molar-refractivity contribution in [2.45, 2.75) is 32.2 Å². The molecule has 1 aliphatic rings. The molecule has 19 heavy (non-hydrogen) atoms. The summed E-state index contributed by atoms with van der Waals surface area (Å²) in [7, 11) is 2.12. The quantitative estimate of drug-likeness (QED) is 0.918. The molecule has 0 amide bonds. The lowest BCUT2D eigenvalue weighted by Gasteiger charge is -2.32. The molecule has 1 N–H and O–H groups in total. The van der Waals surface area contributed by atoms with Gasteiger partial charge in [0.1, 0.15) is 0 Å². The highest BCUT2D eigenvalue weighted by atomic mass is 15.2. The van der Waals surface area contributed by atoms with Crippen LogP contribution in [0.5, 0.6) is 0 Å². The molecule has 3 rings (SSSR count). The molecule has 0 saturated carbocycles. The van der Waals surface area contributed by atoms with Gasteiger partial charge in [-0.15, -0.1) is 0 Å². The van der Waals surface area contributed by atoms with Gasteiger partial charge in [0.2, 0.25) is 0 Å². The van der Waals surface area contributed by atoms with Gasteiger partial charge in [-0.2, -0.15) is 5.10 Å².